The number of aliphatic hydroxyl groups is 2. The minimum Gasteiger partial charge on any atom is -0.395 e. The topological polar surface area (TPSA) is 89.9 Å². The number of hydrogen-bond donors (Lipinski definition) is 3. The predicted molar refractivity (Wildman–Crippen MR) is 73.6 cm³/mol. The van der Waals surface area contributed by atoms with Crippen molar-refractivity contribution < 1.29 is 18.6 Å². The Balaban J connectivity index is 2.58. The van der Waals surface area contributed by atoms with Crippen molar-refractivity contribution in [2.45, 2.75) is 11.4 Å². The fraction of sp³-hybridized carbons (Fsp3) is 0.889. The number of sulfone groups is 1. The molecule has 6 nitrogen and oxygen atoms in total. The van der Waals surface area contributed by atoms with E-state index >= 15 is 0 Å². The molecular weight excluding hydrogens is 300 g/mol. The van der Waals surface area contributed by atoms with Crippen LogP contribution >= 0.6 is 23.8 Å². The van der Waals surface area contributed by atoms with Crippen molar-refractivity contribution in [3.05, 3.63) is 0 Å². The molecule has 0 spiro atoms. The van der Waals surface area contributed by atoms with E-state index in [1.165, 1.54) is 0 Å². The Morgan fingerprint density at radius 3 is 2.28 bits per heavy atom. The molecule has 1 fully saturated rings. The molecule has 1 saturated heterocycles. The minimum atomic E-state index is -3.11. The average Bonchev–Trinajstić information content (AvgIpc) is 2.51. The molecular formula is C9H17ClN2O4S2. The zero-order chi connectivity index (χ0) is 13.8. The van der Waals surface area contributed by atoms with Crippen molar-refractivity contribution in [1.82, 2.24) is 10.2 Å². The van der Waals surface area contributed by atoms with Crippen molar-refractivity contribution >= 4 is 38.8 Å². The molecule has 0 aromatic carbocycles. The number of thiocarbonyl (C=S) groups is 1. The number of hydrogen-bond acceptors (Lipinski definition) is 5. The van der Waals surface area contributed by atoms with E-state index in [9.17, 15) is 8.42 Å². The van der Waals surface area contributed by atoms with Gasteiger partial charge >= 0.3 is 0 Å². The molecule has 18 heavy (non-hydrogen) atoms. The largest absolute Gasteiger partial charge is 0.395 e. The summed E-state index contributed by atoms with van der Waals surface area (Å²) in [5, 5.41) is 20.4. The number of rotatable bonds is 5. The van der Waals surface area contributed by atoms with Crippen molar-refractivity contribution in [2.24, 2.45) is 0 Å². The summed E-state index contributed by atoms with van der Waals surface area (Å²) in [5.74, 6) is -0.109. The first-order valence-corrected chi connectivity index (χ1v) is 8.18. The summed E-state index contributed by atoms with van der Waals surface area (Å²) < 4.78 is 22.8. The second kappa shape index (κ2) is 6.85. The zero-order valence-electron chi connectivity index (χ0n) is 9.75. The number of halogens is 1. The SMILES string of the molecule is O=S1(=O)C[C@@H](Cl)[C@@H](NC(=S)N(CCO)CCO)C1. The Kier molecular flexibility index (Phi) is 6.06. The van der Waals surface area contributed by atoms with Crippen molar-refractivity contribution in [2.75, 3.05) is 37.8 Å². The van der Waals surface area contributed by atoms with E-state index in [0.717, 1.165) is 0 Å². The summed E-state index contributed by atoms with van der Waals surface area (Å²) in [6.07, 6.45) is 0. The third-order valence-electron chi connectivity index (χ3n) is 2.62. The van der Waals surface area contributed by atoms with Gasteiger partial charge in [-0.05, 0) is 12.2 Å². The molecule has 3 N–H and O–H groups in total. The van der Waals surface area contributed by atoms with Crippen LogP contribution in [0.1, 0.15) is 0 Å². The molecule has 106 valence electrons. The monoisotopic (exact) mass is 316 g/mol. The highest BCUT2D eigenvalue weighted by atomic mass is 35.5. The quantitative estimate of drug-likeness (QED) is 0.422. The van der Waals surface area contributed by atoms with Crippen LogP contribution in [-0.4, -0.2) is 77.9 Å². The van der Waals surface area contributed by atoms with E-state index in [4.69, 9.17) is 34.0 Å². The van der Waals surface area contributed by atoms with Crippen LogP contribution in [-0.2, 0) is 9.84 Å². The molecule has 9 heteroatoms. The summed E-state index contributed by atoms with van der Waals surface area (Å²) in [6, 6.07) is -0.427. The minimum absolute atomic E-state index is 0.0482. The summed E-state index contributed by atoms with van der Waals surface area (Å²) in [6.45, 7) is 0.349. The third-order valence-corrected chi connectivity index (χ3v) is 5.37. The van der Waals surface area contributed by atoms with Gasteiger partial charge in [0.15, 0.2) is 14.9 Å². The van der Waals surface area contributed by atoms with Gasteiger partial charge in [-0.15, -0.1) is 11.6 Å². The molecule has 0 unspecified atom stereocenters. The van der Waals surface area contributed by atoms with E-state index in [1.807, 2.05) is 0 Å². The molecule has 0 aliphatic carbocycles. The average molecular weight is 317 g/mol. The van der Waals surface area contributed by atoms with Gasteiger partial charge in [0.2, 0.25) is 0 Å². The fourth-order valence-electron chi connectivity index (χ4n) is 1.74. The van der Waals surface area contributed by atoms with Crippen molar-refractivity contribution in [1.29, 1.82) is 0 Å². The highest BCUT2D eigenvalue weighted by Gasteiger charge is 2.37. The Hall–Kier alpha value is -0.150. The van der Waals surface area contributed by atoms with Gasteiger partial charge in [0, 0.05) is 13.1 Å². The first-order chi connectivity index (χ1) is 8.39. The number of nitrogens with zero attached hydrogens (tertiary/aromatic N) is 1. The fourth-order valence-corrected chi connectivity index (χ4v) is 4.63. The second-order valence-electron chi connectivity index (χ2n) is 4.08. The number of alkyl halides is 1. The lowest BCUT2D eigenvalue weighted by molar-refractivity contribution is 0.210. The van der Waals surface area contributed by atoms with E-state index < -0.39 is 21.3 Å². The summed E-state index contributed by atoms with van der Waals surface area (Å²) in [4.78, 5) is 1.57. The first-order valence-electron chi connectivity index (χ1n) is 5.51. The number of aliphatic hydroxyl groups excluding tert-OH is 2. The van der Waals surface area contributed by atoms with Crippen LogP contribution in [0.3, 0.4) is 0 Å². The van der Waals surface area contributed by atoms with Gasteiger partial charge in [0.1, 0.15) is 0 Å². The molecule has 0 bridgehead atoms. The number of nitrogens with one attached hydrogen (secondary N) is 1. The van der Waals surface area contributed by atoms with Crippen LogP contribution in [0.15, 0.2) is 0 Å². The van der Waals surface area contributed by atoms with Gasteiger partial charge in [-0.2, -0.15) is 0 Å². The molecule has 1 aliphatic rings. The van der Waals surface area contributed by atoms with E-state index in [-0.39, 0.29) is 37.8 Å². The van der Waals surface area contributed by atoms with Gasteiger partial charge in [0.25, 0.3) is 0 Å². The third kappa shape index (κ3) is 4.51. The van der Waals surface area contributed by atoms with Crippen LogP contribution in [0, 0.1) is 0 Å². The highest BCUT2D eigenvalue weighted by molar-refractivity contribution is 7.91. The molecule has 1 aliphatic heterocycles. The first kappa shape index (κ1) is 15.9. The smallest absolute Gasteiger partial charge is 0.169 e. The Labute approximate surface area is 117 Å². The van der Waals surface area contributed by atoms with Crippen LogP contribution in [0.2, 0.25) is 0 Å². The van der Waals surface area contributed by atoms with Crippen LogP contribution < -0.4 is 5.32 Å². The van der Waals surface area contributed by atoms with Gasteiger partial charge in [-0.25, -0.2) is 8.42 Å². The van der Waals surface area contributed by atoms with Crippen LogP contribution in [0.4, 0.5) is 0 Å². The Morgan fingerprint density at radius 2 is 1.89 bits per heavy atom. The van der Waals surface area contributed by atoms with E-state index in [0.29, 0.717) is 5.11 Å². The maximum atomic E-state index is 11.4. The molecule has 0 aromatic heterocycles. The Morgan fingerprint density at radius 1 is 1.33 bits per heavy atom. The highest BCUT2D eigenvalue weighted by Crippen LogP contribution is 2.18. The lowest BCUT2D eigenvalue weighted by atomic mass is 10.2. The van der Waals surface area contributed by atoms with Gasteiger partial charge in [-0.3, -0.25) is 0 Å². The van der Waals surface area contributed by atoms with Crippen molar-refractivity contribution in [3.8, 4) is 0 Å². The molecule has 0 aromatic rings. The maximum absolute atomic E-state index is 11.4. The lowest BCUT2D eigenvalue weighted by Gasteiger charge is -2.27. The molecule has 1 rings (SSSR count). The second-order valence-corrected chi connectivity index (χ2v) is 7.18. The summed E-state index contributed by atoms with van der Waals surface area (Å²) >= 11 is 11.1. The normalized spacial score (nSPS) is 25.9. The molecule has 2 atom stereocenters. The Bertz CT molecular complexity index is 384. The molecule has 1 heterocycles. The molecule has 0 radical (unpaired) electrons. The van der Waals surface area contributed by atoms with Gasteiger partial charge < -0.3 is 20.4 Å². The summed E-state index contributed by atoms with van der Waals surface area (Å²) in [7, 11) is -3.11. The standard InChI is InChI=1S/C9H17ClN2O4S2/c10-7-5-18(15,16)6-8(7)11-9(17)12(1-3-13)2-4-14/h7-8,13-14H,1-6H2,(H,11,17)/t7-,8+/m1/s1. The lowest BCUT2D eigenvalue weighted by Crippen LogP contribution is -2.49. The van der Waals surface area contributed by atoms with Gasteiger partial charge in [-0.1, -0.05) is 0 Å². The van der Waals surface area contributed by atoms with Crippen molar-refractivity contribution in [3.63, 3.8) is 0 Å². The summed E-state index contributed by atoms with van der Waals surface area (Å²) in [5.41, 5.74) is 0. The zero-order valence-corrected chi connectivity index (χ0v) is 12.1. The van der Waals surface area contributed by atoms with Crippen LogP contribution in [0.25, 0.3) is 0 Å². The van der Waals surface area contributed by atoms with Crippen LogP contribution in [0.5, 0.6) is 0 Å². The maximum Gasteiger partial charge on any atom is 0.169 e. The van der Waals surface area contributed by atoms with Gasteiger partial charge in [0.05, 0.1) is 36.1 Å². The predicted octanol–water partition coefficient (Wildman–Crippen LogP) is -1.45. The van der Waals surface area contributed by atoms with E-state index in [2.05, 4.69) is 5.32 Å². The molecule has 0 amide bonds. The van der Waals surface area contributed by atoms with E-state index in [1.54, 1.807) is 4.90 Å². The molecule has 0 saturated carbocycles.